The van der Waals surface area contributed by atoms with Gasteiger partial charge in [-0.3, -0.25) is 4.98 Å². The van der Waals surface area contributed by atoms with Gasteiger partial charge in [-0.1, -0.05) is 24.3 Å². The molecule has 0 aliphatic carbocycles. The van der Waals surface area contributed by atoms with Gasteiger partial charge in [0.05, 0.1) is 17.3 Å². The number of fused-ring (bicyclic) bond motifs is 1. The van der Waals surface area contributed by atoms with Crippen molar-refractivity contribution in [2.24, 2.45) is 0 Å². The minimum Gasteiger partial charge on any atom is -0.264 e. The summed E-state index contributed by atoms with van der Waals surface area (Å²) in [6, 6.07) is 23.7. The number of halogens is 1. The van der Waals surface area contributed by atoms with Gasteiger partial charge >= 0.3 is 0 Å². The van der Waals surface area contributed by atoms with Crippen LogP contribution in [0.1, 0.15) is 5.56 Å². The van der Waals surface area contributed by atoms with Crippen molar-refractivity contribution >= 4 is 11.0 Å². The van der Waals surface area contributed by atoms with Crippen LogP contribution in [0, 0.1) is 17.1 Å². The van der Waals surface area contributed by atoms with Crippen molar-refractivity contribution in [1.29, 1.82) is 5.26 Å². The fourth-order valence-corrected chi connectivity index (χ4v) is 3.67. The molecule has 3 aromatic heterocycles. The maximum atomic E-state index is 14.7. The zero-order chi connectivity index (χ0) is 21.2. The van der Waals surface area contributed by atoms with Gasteiger partial charge in [0.15, 0.2) is 5.65 Å². The minimum atomic E-state index is -0.373. The summed E-state index contributed by atoms with van der Waals surface area (Å²) in [6.45, 7) is 0. The smallest absolute Gasteiger partial charge is 0.160 e. The molecule has 5 aromatic rings. The second-order valence-corrected chi connectivity index (χ2v) is 7.02. The fourth-order valence-electron chi connectivity index (χ4n) is 3.67. The Balaban J connectivity index is 1.66. The highest BCUT2D eigenvalue weighted by atomic mass is 19.1. The molecular weight excluding hydrogens is 387 g/mol. The highest BCUT2D eigenvalue weighted by molar-refractivity contribution is 5.94. The lowest BCUT2D eigenvalue weighted by molar-refractivity contribution is 0.631. The van der Waals surface area contributed by atoms with Crippen LogP contribution in [-0.2, 0) is 0 Å². The van der Waals surface area contributed by atoms with E-state index in [1.165, 1.54) is 6.07 Å². The molecule has 5 heteroatoms. The Bertz CT molecular complexity index is 1460. The Labute approximate surface area is 178 Å². The van der Waals surface area contributed by atoms with E-state index in [4.69, 9.17) is 0 Å². The third-order valence-corrected chi connectivity index (χ3v) is 5.18. The predicted octanol–water partition coefficient (Wildman–Crippen LogP) is 6.04. The van der Waals surface area contributed by atoms with E-state index in [9.17, 15) is 9.65 Å². The first-order valence-electron chi connectivity index (χ1n) is 9.70. The van der Waals surface area contributed by atoms with Crippen LogP contribution in [0.3, 0.4) is 0 Å². The Hall–Kier alpha value is -4.43. The Kier molecular flexibility index (Phi) is 4.66. The number of pyridine rings is 3. The van der Waals surface area contributed by atoms with Crippen LogP contribution in [-0.4, -0.2) is 15.0 Å². The molecule has 2 aromatic carbocycles. The highest BCUT2D eigenvalue weighted by Crippen LogP contribution is 2.34. The molecule has 4 nitrogen and oxygen atoms in total. The molecule has 31 heavy (non-hydrogen) atoms. The van der Waals surface area contributed by atoms with E-state index < -0.39 is 0 Å². The first kappa shape index (κ1) is 18.6. The highest BCUT2D eigenvalue weighted by Gasteiger charge is 2.13. The van der Waals surface area contributed by atoms with Gasteiger partial charge in [-0.05, 0) is 59.7 Å². The van der Waals surface area contributed by atoms with Crippen molar-refractivity contribution in [3.8, 4) is 39.6 Å². The molecule has 3 heterocycles. The van der Waals surface area contributed by atoms with Gasteiger partial charge in [0.25, 0.3) is 0 Å². The van der Waals surface area contributed by atoms with Crippen LogP contribution in [0.2, 0.25) is 0 Å². The minimum absolute atomic E-state index is 0.373. The number of nitrogens with zero attached hydrogens (tertiary/aromatic N) is 4. The molecule has 0 radical (unpaired) electrons. The number of rotatable bonds is 3. The SMILES string of the molecule is N#Cc1ccccc1-c1cc(-c2ccnc3nc(-c4cccnc4)ccc23)ccc1F. The molecule has 0 amide bonds. The number of hydrogen-bond donors (Lipinski definition) is 0. The van der Waals surface area contributed by atoms with Gasteiger partial charge in [0, 0.05) is 40.7 Å². The lowest BCUT2D eigenvalue weighted by Crippen LogP contribution is -1.93. The van der Waals surface area contributed by atoms with Crippen LogP contribution < -0.4 is 0 Å². The van der Waals surface area contributed by atoms with E-state index in [1.807, 2.05) is 30.3 Å². The molecule has 146 valence electrons. The average Bonchev–Trinajstić information content (AvgIpc) is 2.84. The lowest BCUT2D eigenvalue weighted by atomic mass is 9.95. The van der Waals surface area contributed by atoms with Gasteiger partial charge in [0.1, 0.15) is 5.82 Å². The summed E-state index contributed by atoms with van der Waals surface area (Å²) in [7, 11) is 0. The number of aromatic nitrogens is 3. The molecule has 5 rings (SSSR count). The van der Waals surface area contributed by atoms with E-state index in [0.717, 1.165) is 27.8 Å². The van der Waals surface area contributed by atoms with Gasteiger partial charge in [-0.2, -0.15) is 5.26 Å². The topological polar surface area (TPSA) is 62.5 Å². The van der Waals surface area contributed by atoms with Crippen molar-refractivity contribution in [2.75, 3.05) is 0 Å². The van der Waals surface area contributed by atoms with Crippen LogP contribution >= 0.6 is 0 Å². The molecule has 0 saturated carbocycles. The maximum absolute atomic E-state index is 14.7. The van der Waals surface area contributed by atoms with Crippen molar-refractivity contribution in [3.05, 3.63) is 103 Å². The second kappa shape index (κ2) is 7.77. The molecule has 0 N–H and O–H groups in total. The molecule has 0 saturated heterocycles. The van der Waals surface area contributed by atoms with Crippen LogP contribution in [0.15, 0.2) is 91.4 Å². The summed E-state index contributed by atoms with van der Waals surface area (Å²) in [5.41, 5.74) is 5.41. The van der Waals surface area contributed by atoms with E-state index in [2.05, 4.69) is 21.0 Å². The first-order chi connectivity index (χ1) is 15.2. The summed E-state index contributed by atoms with van der Waals surface area (Å²) in [5.74, 6) is -0.373. The second-order valence-electron chi connectivity index (χ2n) is 7.02. The molecule has 0 spiro atoms. The summed E-state index contributed by atoms with van der Waals surface area (Å²) >= 11 is 0. The summed E-state index contributed by atoms with van der Waals surface area (Å²) in [6.07, 6.45) is 5.18. The zero-order valence-electron chi connectivity index (χ0n) is 16.3. The molecule has 0 unspecified atom stereocenters. The third kappa shape index (κ3) is 3.41. The van der Waals surface area contributed by atoms with Crippen LogP contribution in [0.25, 0.3) is 44.5 Å². The van der Waals surface area contributed by atoms with Gasteiger partial charge in [-0.25, -0.2) is 14.4 Å². The van der Waals surface area contributed by atoms with Crippen molar-refractivity contribution in [2.45, 2.75) is 0 Å². The lowest BCUT2D eigenvalue weighted by Gasteiger charge is -2.11. The molecule has 0 aliphatic rings. The normalized spacial score (nSPS) is 10.7. The van der Waals surface area contributed by atoms with Gasteiger partial charge in [-0.15, -0.1) is 0 Å². The standard InChI is InChI=1S/C26H15FN4/c27-24-9-7-17(14-23(24)20-6-2-1-4-18(20)15-28)21-11-13-30-26-22(21)8-10-25(31-26)19-5-3-12-29-16-19/h1-14,16H. The van der Waals surface area contributed by atoms with Gasteiger partial charge in [0.2, 0.25) is 0 Å². The van der Waals surface area contributed by atoms with E-state index >= 15 is 0 Å². The molecule has 0 bridgehead atoms. The molecular formula is C26H15FN4. The van der Waals surface area contributed by atoms with Crippen molar-refractivity contribution in [1.82, 2.24) is 15.0 Å². The zero-order valence-corrected chi connectivity index (χ0v) is 16.3. The third-order valence-electron chi connectivity index (χ3n) is 5.18. The number of hydrogen-bond acceptors (Lipinski definition) is 4. The molecule has 0 atom stereocenters. The maximum Gasteiger partial charge on any atom is 0.160 e. The summed E-state index contributed by atoms with van der Waals surface area (Å²) in [4.78, 5) is 13.3. The monoisotopic (exact) mass is 402 g/mol. The van der Waals surface area contributed by atoms with Gasteiger partial charge < -0.3 is 0 Å². The number of nitriles is 1. The van der Waals surface area contributed by atoms with E-state index in [1.54, 1.807) is 55.0 Å². The fraction of sp³-hybridized carbons (Fsp3) is 0. The number of benzene rings is 2. The first-order valence-corrected chi connectivity index (χ1v) is 9.70. The van der Waals surface area contributed by atoms with E-state index in [-0.39, 0.29) is 5.82 Å². The average molecular weight is 402 g/mol. The van der Waals surface area contributed by atoms with Crippen LogP contribution in [0.5, 0.6) is 0 Å². The Morgan fingerprint density at radius 3 is 2.52 bits per heavy atom. The van der Waals surface area contributed by atoms with E-state index in [0.29, 0.717) is 22.3 Å². The molecule has 0 aliphatic heterocycles. The van der Waals surface area contributed by atoms with Crippen LogP contribution in [0.4, 0.5) is 4.39 Å². The quantitative estimate of drug-likeness (QED) is 0.369. The van der Waals surface area contributed by atoms with Crippen molar-refractivity contribution in [3.63, 3.8) is 0 Å². The summed E-state index contributed by atoms with van der Waals surface area (Å²) < 4.78 is 14.7. The molecule has 0 fully saturated rings. The Morgan fingerprint density at radius 1 is 0.774 bits per heavy atom. The Morgan fingerprint density at radius 2 is 1.68 bits per heavy atom. The predicted molar refractivity (Wildman–Crippen MR) is 118 cm³/mol. The largest absolute Gasteiger partial charge is 0.264 e. The summed E-state index contributed by atoms with van der Waals surface area (Å²) in [5, 5.41) is 10.3. The van der Waals surface area contributed by atoms with Crippen molar-refractivity contribution < 1.29 is 4.39 Å².